The molecule has 5 heteroatoms. The Morgan fingerprint density at radius 2 is 2.00 bits per heavy atom. The second-order valence-electron chi connectivity index (χ2n) is 5.28. The van der Waals surface area contributed by atoms with Gasteiger partial charge in [0.15, 0.2) is 16.7 Å². The van der Waals surface area contributed by atoms with Crippen molar-refractivity contribution in [3.05, 3.63) is 28.6 Å². The first kappa shape index (κ1) is 13.6. The summed E-state index contributed by atoms with van der Waals surface area (Å²) >= 11 is 3.28. The minimum atomic E-state index is 0.406. The standard InChI is InChI=1S/C15H17BrN2O2/c16-14-8-7-13(20-14)15-11(10-19)9-18(17-15)12-5-3-1-2-4-6-12/h7-10,12H,1-6H2. The van der Waals surface area contributed by atoms with E-state index in [2.05, 4.69) is 21.0 Å². The molecule has 0 amide bonds. The van der Waals surface area contributed by atoms with Gasteiger partial charge in [-0.15, -0.1) is 0 Å². The summed E-state index contributed by atoms with van der Waals surface area (Å²) in [5.74, 6) is 0.631. The summed E-state index contributed by atoms with van der Waals surface area (Å²) in [6.45, 7) is 0. The molecule has 1 aliphatic rings. The van der Waals surface area contributed by atoms with Crippen LogP contribution in [0.15, 0.2) is 27.4 Å². The van der Waals surface area contributed by atoms with Gasteiger partial charge in [0.05, 0.1) is 11.6 Å². The first-order chi connectivity index (χ1) is 9.78. The average molecular weight is 337 g/mol. The predicted molar refractivity (Wildman–Crippen MR) is 79.8 cm³/mol. The topological polar surface area (TPSA) is 48.0 Å². The fraction of sp³-hybridized carbons (Fsp3) is 0.467. The Hall–Kier alpha value is -1.36. The summed E-state index contributed by atoms with van der Waals surface area (Å²) < 4.78 is 8.13. The van der Waals surface area contributed by atoms with Gasteiger partial charge in [-0.05, 0) is 40.9 Å². The Morgan fingerprint density at radius 1 is 1.25 bits per heavy atom. The van der Waals surface area contributed by atoms with Crippen molar-refractivity contribution in [3.63, 3.8) is 0 Å². The predicted octanol–water partition coefficient (Wildman–Crippen LogP) is 4.61. The molecule has 0 N–H and O–H groups in total. The molecule has 106 valence electrons. The molecule has 0 atom stereocenters. The van der Waals surface area contributed by atoms with Crippen molar-refractivity contribution in [2.24, 2.45) is 0 Å². The number of carbonyl (C=O) groups excluding carboxylic acids is 1. The molecule has 2 heterocycles. The third kappa shape index (κ3) is 2.73. The average Bonchev–Trinajstić information content (AvgIpc) is 2.97. The molecule has 0 aliphatic heterocycles. The highest BCUT2D eigenvalue weighted by atomic mass is 79.9. The quantitative estimate of drug-likeness (QED) is 0.607. The molecular formula is C15H17BrN2O2. The summed E-state index contributed by atoms with van der Waals surface area (Å²) in [4.78, 5) is 11.3. The zero-order valence-electron chi connectivity index (χ0n) is 11.2. The van der Waals surface area contributed by atoms with E-state index in [4.69, 9.17) is 4.42 Å². The summed E-state index contributed by atoms with van der Waals surface area (Å²) in [5.41, 5.74) is 1.23. The third-order valence-electron chi connectivity index (χ3n) is 3.89. The molecule has 4 nitrogen and oxygen atoms in total. The van der Waals surface area contributed by atoms with Crippen LogP contribution in [0.25, 0.3) is 11.5 Å². The zero-order valence-corrected chi connectivity index (χ0v) is 12.8. The van der Waals surface area contributed by atoms with E-state index in [1.807, 2.05) is 23.0 Å². The molecule has 1 aliphatic carbocycles. The number of hydrogen-bond acceptors (Lipinski definition) is 3. The maximum absolute atomic E-state index is 11.3. The van der Waals surface area contributed by atoms with Crippen molar-refractivity contribution < 1.29 is 9.21 Å². The number of aromatic nitrogens is 2. The Kier molecular flexibility index (Phi) is 4.05. The minimum Gasteiger partial charge on any atom is -0.448 e. The van der Waals surface area contributed by atoms with Gasteiger partial charge >= 0.3 is 0 Å². The fourth-order valence-corrected chi connectivity index (χ4v) is 3.14. The van der Waals surface area contributed by atoms with Crippen molar-refractivity contribution in [2.75, 3.05) is 0 Å². The Labute approximate surface area is 126 Å². The summed E-state index contributed by atoms with van der Waals surface area (Å²) in [6, 6.07) is 4.05. The van der Waals surface area contributed by atoms with Gasteiger partial charge in [-0.25, -0.2) is 0 Å². The van der Waals surface area contributed by atoms with Crippen LogP contribution >= 0.6 is 15.9 Å². The number of halogens is 1. The largest absolute Gasteiger partial charge is 0.448 e. The van der Waals surface area contributed by atoms with Gasteiger partial charge in [0.1, 0.15) is 5.69 Å². The van der Waals surface area contributed by atoms with Crippen LogP contribution in [0.3, 0.4) is 0 Å². The molecule has 1 fully saturated rings. The molecule has 0 spiro atoms. The van der Waals surface area contributed by atoms with Gasteiger partial charge < -0.3 is 4.42 Å². The lowest BCUT2D eigenvalue weighted by Gasteiger charge is -2.14. The van der Waals surface area contributed by atoms with Gasteiger partial charge in [-0.2, -0.15) is 5.10 Å². The minimum absolute atomic E-state index is 0.406. The number of furan rings is 1. The monoisotopic (exact) mass is 336 g/mol. The smallest absolute Gasteiger partial charge is 0.169 e. The molecule has 0 bridgehead atoms. The highest BCUT2D eigenvalue weighted by Gasteiger charge is 2.19. The van der Waals surface area contributed by atoms with Crippen LogP contribution in [-0.4, -0.2) is 16.1 Å². The Balaban J connectivity index is 1.93. The summed E-state index contributed by atoms with van der Waals surface area (Å²) in [7, 11) is 0. The second-order valence-corrected chi connectivity index (χ2v) is 6.06. The van der Waals surface area contributed by atoms with Crippen LogP contribution in [0.5, 0.6) is 0 Å². The van der Waals surface area contributed by atoms with Crippen molar-refractivity contribution in [3.8, 4) is 11.5 Å². The summed E-state index contributed by atoms with van der Waals surface area (Å²) in [5, 5.41) is 4.60. The van der Waals surface area contributed by atoms with Crippen LogP contribution in [0.2, 0.25) is 0 Å². The first-order valence-electron chi connectivity index (χ1n) is 7.08. The highest BCUT2D eigenvalue weighted by molar-refractivity contribution is 9.10. The number of hydrogen-bond donors (Lipinski definition) is 0. The zero-order chi connectivity index (χ0) is 13.9. The number of carbonyl (C=O) groups is 1. The van der Waals surface area contributed by atoms with Crippen molar-refractivity contribution >= 4 is 22.2 Å². The van der Waals surface area contributed by atoms with E-state index in [0.717, 1.165) is 19.1 Å². The van der Waals surface area contributed by atoms with Gasteiger partial charge in [0.25, 0.3) is 0 Å². The summed E-state index contributed by atoms with van der Waals surface area (Å²) in [6.07, 6.45) is 10.1. The van der Waals surface area contributed by atoms with E-state index < -0.39 is 0 Å². The molecule has 2 aromatic rings. The highest BCUT2D eigenvalue weighted by Crippen LogP contribution is 2.30. The molecule has 0 unspecified atom stereocenters. The Morgan fingerprint density at radius 3 is 2.60 bits per heavy atom. The molecule has 0 saturated heterocycles. The lowest BCUT2D eigenvalue weighted by Crippen LogP contribution is -2.08. The van der Waals surface area contributed by atoms with Crippen molar-refractivity contribution in [1.29, 1.82) is 0 Å². The van der Waals surface area contributed by atoms with Crippen LogP contribution in [0.4, 0.5) is 0 Å². The lowest BCUT2D eigenvalue weighted by atomic mass is 10.1. The van der Waals surface area contributed by atoms with E-state index in [9.17, 15) is 4.79 Å². The van der Waals surface area contributed by atoms with E-state index in [1.54, 1.807) is 0 Å². The van der Waals surface area contributed by atoms with Gasteiger partial charge in [0.2, 0.25) is 0 Å². The Bertz CT molecular complexity index is 595. The van der Waals surface area contributed by atoms with Crippen molar-refractivity contribution in [1.82, 2.24) is 9.78 Å². The van der Waals surface area contributed by atoms with Crippen LogP contribution in [-0.2, 0) is 0 Å². The maximum Gasteiger partial charge on any atom is 0.169 e. The molecule has 0 radical (unpaired) electrons. The maximum atomic E-state index is 11.3. The van der Waals surface area contributed by atoms with Crippen molar-refractivity contribution in [2.45, 2.75) is 44.6 Å². The van der Waals surface area contributed by atoms with Gasteiger partial charge in [-0.3, -0.25) is 9.48 Å². The van der Waals surface area contributed by atoms with E-state index in [-0.39, 0.29) is 0 Å². The van der Waals surface area contributed by atoms with Crippen LogP contribution in [0, 0.1) is 0 Å². The molecule has 1 saturated carbocycles. The second kappa shape index (κ2) is 5.95. The van der Waals surface area contributed by atoms with E-state index in [1.165, 1.54) is 25.7 Å². The molecule has 2 aromatic heterocycles. The van der Waals surface area contributed by atoms with Crippen LogP contribution in [0.1, 0.15) is 54.9 Å². The molecular weight excluding hydrogens is 320 g/mol. The third-order valence-corrected chi connectivity index (χ3v) is 4.32. The molecule has 3 rings (SSSR count). The van der Waals surface area contributed by atoms with E-state index >= 15 is 0 Å². The first-order valence-corrected chi connectivity index (χ1v) is 7.87. The SMILES string of the molecule is O=Cc1cn(C2CCCCCC2)nc1-c1ccc(Br)o1. The normalized spacial score (nSPS) is 17.1. The number of rotatable bonds is 3. The number of aldehydes is 1. The number of nitrogens with zero attached hydrogens (tertiary/aromatic N) is 2. The molecule has 20 heavy (non-hydrogen) atoms. The lowest BCUT2D eigenvalue weighted by molar-refractivity contribution is 0.112. The molecule has 0 aromatic carbocycles. The van der Waals surface area contributed by atoms with Gasteiger partial charge in [-0.1, -0.05) is 25.7 Å². The van der Waals surface area contributed by atoms with E-state index in [0.29, 0.717) is 27.7 Å². The van der Waals surface area contributed by atoms with Gasteiger partial charge in [0, 0.05) is 6.20 Å². The van der Waals surface area contributed by atoms with Crippen LogP contribution < -0.4 is 0 Å². The fourth-order valence-electron chi connectivity index (χ4n) is 2.83.